The molecule has 2 aliphatic rings. The normalized spacial score (nSPS) is 19.5. The number of nitrogens with zero attached hydrogens (tertiary/aromatic N) is 2. The van der Waals surface area contributed by atoms with E-state index < -0.39 is 11.7 Å². The van der Waals surface area contributed by atoms with Gasteiger partial charge in [0.05, 0.1) is 12.1 Å². The molecule has 1 unspecified atom stereocenters. The highest BCUT2D eigenvalue weighted by atomic mass is 79.9. The summed E-state index contributed by atoms with van der Waals surface area (Å²) in [5.41, 5.74) is -0.464. The number of aliphatic imine (C=N–C) groups is 1. The summed E-state index contributed by atoms with van der Waals surface area (Å²) in [6, 6.07) is 3.93. The highest BCUT2D eigenvalue weighted by molar-refractivity contribution is 9.10. The number of rotatable bonds is 4. The van der Waals surface area contributed by atoms with E-state index in [2.05, 4.69) is 33.2 Å². The lowest BCUT2D eigenvalue weighted by Crippen LogP contribution is -2.35. The molecule has 0 spiro atoms. The minimum atomic E-state index is -4.45. The van der Waals surface area contributed by atoms with Gasteiger partial charge in [0.15, 0.2) is 5.78 Å². The topological polar surface area (TPSA) is 44.7 Å². The van der Waals surface area contributed by atoms with Crippen LogP contribution in [0.1, 0.15) is 31.7 Å². The van der Waals surface area contributed by atoms with E-state index in [-0.39, 0.29) is 28.4 Å². The number of Topliss-reactive ketones (excluding diaryl/α,β-unsaturated/α-hetero) is 1. The average molecular weight is 442 g/mol. The lowest BCUT2D eigenvalue weighted by Gasteiger charge is -2.30. The fraction of sp³-hybridized carbons (Fsp3) is 0.368. The molecule has 3 rings (SSSR count). The van der Waals surface area contributed by atoms with Crippen molar-refractivity contribution in [3.63, 3.8) is 0 Å². The highest BCUT2D eigenvalue weighted by Gasteiger charge is 2.33. The molecule has 1 aromatic carbocycles. The second kappa shape index (κ2) is 7.88. The molecule has 0 aromatic heterocycles. The lowest BCUT2D eigenvalue weighted by molar-refractivity contribution is -0.138. The predicted molar refractivity (Wildman–Crippen MR) is 102 cm³/mol. The summed E-state index contributed by atoms with van der Waals surface area (Å²) >= 11 is 2.93. The minimum Gasteiger partial charge on any atom is -0.340 e. The quantitative estimate of drug-likeness (QED) is 0.685. The molecule has 0 fully saturated rings. The number of allylic oxidation sites excluding steroid dienone is 1. The lowest BCUT2D eigenvalue weighted by atomic mass is 9.94. The maximum Gasteiger partial charge on any atom is 0.417 e. The number of halogens is 4. The number of alkyl halides is 3. The smallest absolute Gasteiger partial charge is 0.340 e. The third kappa shape index (κ3) is 4.61. The zero-order valence-electron chi connectivity index (χ0n) is 14.7. The molecule has 0 aliphatic carbocycles. The monoisotopic (exact) mass is 441 g/mol. The Bertz CT molecular complexity index is 830. The number of carbonyl (C=O) groups excluding carboxylic acids is 1. The summed E-state index contributed by atoms with van der Waals surface area (Å²) in [5.74, 6) is 1.08. The van der Waals surface area contributed by atoms with Crippen LogP contribution in [0.3, 0.4) is 0 Å². The van der Waals surface area contributed by atoms with Crippen molar-refractivity contribution in [1.29, 1.82) is 0 Å². The maximum atomic E-state index is 13.1. The van der Waals surface area contributed by atoms with E-state index in [9.17, 15) is 18.0 Å². The number of fused-ring (bicyclic) bond motifs is 1. The first-order valence-electron chi connectivity index (χ1n) is 8.69. The first kappa shape index (κ1) is 19.7. The number of unbranched alkanes of at least 4 members (excludes halogenated alkanes) is 1. The Hall–Kier alpha value is -2.09. The van der Waals surface area contributed by atoms with Crippen LogP contribution in [-0.4, -0.2) is 23.1 Å². The molecule has 8 heteroatoms. The molecule has 0 radical (unpaired) electrons. The number of carbonyl (C=O) groups is 1. The van der Waals surface area contributed by atoms with Crippen LogP contribution in [-0.2, 0) is 11.0 Å². The highest BCUT2D eigenvalue weighted by Crippen LogP contribution is 2.36. The van der Waals surface area contributed by atoms with Crippen LogP contribution in [0.5, 0.6) is 0 Å². The van der Waals surface area contributed by atoms with E-state index in [1.807, 2.05) is 6.08 Å². The number of hydrogen-bond acceptors (Lipinski definition) is 4. The Morgan fingerprint density at radius 3 is 2.85 bits per heavy atom. The third-order valence-electron chi connectivity index (χ3n) is 4.44. The molecule has 1 aromatic rings. The molecule has 27 heavy (non-hydrogen) atoms. The Kier molecular flexibility index (Phi) is 5.74. The van der Waals surface area contributed by atoms with Crippen LogP contribution >= 0.6 is 15.9 Å². The van der Waals surface area contributed by atoms with Gasteiger partial charge in [-0.3, -0.25) is 4.79 Å². The molecular formula is C19H19BrF3N3O. The molecule has 4 nitrogen and oxygen atoms in total. The van der Waals surface area contributed by atoms with Crippen molar-refractivity contribution in [2.75, 3.05) is 11.9 Å². The van der Waals surface area contributed by atoms with E-state index in [1.54, 1.807) is 23.2 Å². The minimum absolute atomic E-state index is 0.0138. The Morgan fingerprint density at radius 1 is 1.37 bits per heavy atom. The van der Waals surface area contributed by atoms with Gasteiger partial charge in [-0.2, -0.15) is 13.2 Å². The molecule has 0 saturated carbocycles. The summed E-state index contributed by atoms with van der Waals surface area (Å²) in [6.07, 6.45) is 3.52. The number of amidine groups is 1. The predicted octanol–water partition coefficient (Wildman–Crippen LogP) is 5.34. The summed E-state index contributed by atoms with van der Waals surface area (Å²) in [4.78, 5) is 18.4. The van der Waals surface area contributed by atoms with Crippen molar-refractivity contribution < 1.29 is 18.0 Å². The molecule has 0 amide bonds. The molecule has 1 N–H and O–H groups in total. The summed E-state index contributed by atoms with van der Waals surface area (Å²) in [6.45, 7) is 2.34. The van der Waals surface area contributed by atoms with Gasteiger partial charge in [0, 0.05) is 22.3 Å². The standard InChI is InChI=1S/C19H19BrF3N3O/c1-2-3-4-12-9-18-25-17(7-8-26(18)11-16(12)27)24-13-5-6-15(20)14(10-13)19(21,22)23/h5-10,12H,2-4,11H2,1H3,(H,24,25). The van der Waals surface area contributed by atoms with Crippen LogP contribution < -0.4 is 5.32 Å². The second-order valence-electron chi connectivity index (χ2n) is 6.50. The van der Waals surface area contributed by atoms with E-state index in [0.717, 1.165) is 25.3 Å². The van der Waals surface area contributed by atoms with Crippen molar-refractivity contribution in [3.8, 4) is 0 Å². The van der Waals surface area contributed by atoms with Crippen LogP contribution in [0, 0.1) is 5.92 Å². The van der Waals surface area contributed by atoms with Gasteiger partial charge in [-0.1, -0.05) is 35.7 Å². The Balaban J connectivity index is 1.81. The van der Waals surface area contributed by atoms with Gasteiger partial charge >= 0.3 is 6.18 Å². The largest absolute Gasteiger partial charge is 0.417 e. The van der Waals surface area contributed by atoms with Gasteiger partial charge < -0.3 is 10.2 Å². The second-order valence-corrected chi connectivity index (χ2v) is 7.35. The molecule has 0 bridgehead atoms. The fourth-order valence-corrected chi connectivity index (χ4v) is 3.46. The van der Waals surface area contributed by atoms with Crippen LogP contribution in [0.2, 0.25) is 0 Å². The van der Waals surface area contributed by atoms with Gasteiger partial charge in [0.25, 0.3) is 0 Å². The SMILES string of the molecule is CCCCC1C=C2N=C(Nc3ccc(Br)c(C(F)(F)F)c3)C=CN2CC1=O. The zero-order valence-corrected chi connectivity index (χ0v) is 16.3. The van der Waals surface area contributed by atoms with E-state index >= 15 is 0 Å². The number of nitrogens with one attached hydrogen (secondary N) is 1. The van der Waals surface area contributed by atoms with Gasteiger partial charge in [-0.25, -0.2) is 4.99 Å². The van der Waals surface area contributed by atoms with Crippen molar-refractivity contribution in [3.05, 3.63) is 52.4 Å². The van der Waals surface area contributed by atoms with E-state index in [1.165, 1.54) is 6.07 Å². The first-order valence-corrected chi connectivity index (χ1v) is 9.49. The van der Waals surface area contributed by atoms with Crippen LogP contribution in [0.4, 0.5) is 18.9 Å². The number of ketones is 1. The summed E-state index contributed by atoms with van der Waals surface area (Å²) in [7, 11) is 0. The van der Waals surface area contributed by atoms with Gasteiger partial charge in [-0.05, 0) is 36.8 Å². The average Bonchev–Trinajstić information content (AvgIpc) is 2.61. The van der Waals surface area contributed by atoms with Crippen molar-refractivity contribution in [2.24, 2.45) is 10.9 Å². The number of hydrogen-bond donors (Lipinski definition) is 1. The third-order valence-corrected chi connectivity index (χ3v) is 5.14. The van der Waals surface area contributed by atoms with Crippen LogP contribution in [0.15, 0.2) is 51.8 Å². The van der Waals surface area contributed by atoms with Crippen molar-refractivity contribution in [2.45, 2.75) is 32.4 Å². The van der Waals surface area contributed by atoms with E-state index in [4.69, 9.17) is 0 Å². The van der Waals surface area contributed by atoms with E-state index in [0.29, 0.717) is 11.7 Å². The molecular weight excluding hydrogens is 423 g/mol. The summed E-state index contributed by atoms with van der Waals surface area (Å²) in [5, 5.41) is 2.91. The molecule has 1 atom stereocenters. The number of benzene rings is 1. The van der Waals surface area contributed by atoms with Gasteiger partial charge in [0.1, 0.15) is 11.7 Å². The van der Waals surface area contributed by atoms with Crippen molar-refractivity contribution in [1.82, 2.24) is 4.90 Å². The molecule has 2 aliphatic heterocycles. The summed E-state index contributed by atoms with van der Waals surface area (Å²) < 4.78 is 39.2. The van der Waals surface area contributed by atoms with Crippen molar-refractivity contribution >= 4 is 33.2 Å². The molecule has 2 heterocycles. The maximum absolute atomic E-state index is 13.1. The Labute approximate surface area is 164 Å². The molecule has 0 saturated heterocycles. The number of anilines is 1. The van der Waals surface area contributed by atoms with Gasteiger partial charge in [0.2, 0.25) is 0 Å². The fourth-order valence-electron chi connectivity index (χ4n) is 2.99. The zero-order chi connectivity index (χ0) is 19.6. The van der Waals surface area contributed by atoms with Crippen LogP contribution in [0.25, 0.3) is 0 Å². The Morgan fingerprint density at radius 2 is 2.15 bits per heavy atom. The molecule has 144 valence electrons. The van der Waals surface area contributed by atoms with Gasteiger partial charge in [-0.15, -0.1) is 0 Å². The first-order chi connectivity index (χ1) is 12.8.